The average molecular weight is 353 g/mol. The van der Waals surface area contributed by atoms with E-state index in [1.54, 1.807) is 0 Å². The van der Waals surface area contributed by atoms with Crippen molar-refractivity contribution in [2.75, 3.05) is 10.5 Å². The predicted molar refractivity (Wildman–Crippen MR) is 78.0 cm³/mol. The van der Waals surface area contributed by atoms with Gasteiger partial charge in [0.25, 0.3) is 10.0 Å². The molecule has 0 radical (unpaired) electrons. The second-order valence-corrected chi connectivity index (χ2v) is 6.47. The first kappa shape index (κ1) is 15.8. The van der Waals surface area contributed by atoms with Gasteiger partial charge >= 0.3 is 0 Å². The summed E-state index contributed by atoms with van der Waals surface area (Å²) >= 11 is 11.5. The second kappa shape index (κ2) is 5.67. The normalized spacial score (nSPS) is 11.4. The Bertz CT molecular complexity index is 813. The van der Waals surface area contributed by atoms with Crippen molar-refractivity contribution in [2.45, 2.75) is 4.90 Å². The number of anilines is 2. The van der Waals surface area contributed by atoms with Gasteiger partial charge in [-0.3, -0.25) is 4.72 Å². The Kier molecular flexibility index (Phi) is 4.27. The molecule has 0 saturated carbocycles. The maximum Gasteiger partial charge on any atom is 0.264 e. The van der Waals surface area contributed by atoms with Gasteiger partial charge in [-0.25, -0.2) is 17.2 Å². The lowest BCUT2D eigenvalue weighted by molar-refractivity contribution is 0.557. The number of nitrogens with two attached hydrogens (primary N) is 1. The quantitative estimate of drug-likeness (QED) is 0.828. The van der Waals surface area contributed by atoms with E-state index in [2.05, 4.69) is 4.72 Å². The summed E-state index contributed by atoms with van der Waals surface area (Å²) < 4.78 is 53.1. The summed E-state index contributed by atoms with van der Waals surface area (Å²) in [5.41, 5.74) is 4.34. The van der Waals surface area contributed by atoms with Gasteiger partial charge in [0.05, 0.1) is 15.7 Å². The summed E-state index contributed by atoms with van der Waals surface area (Å²) in [5.74, 6) is -2.40. The lowest BCUT2D eigenvalue weighted by Gasteiger charge is -2.11. The highest BCUT2D eigenvalue weighted by molar-refractivity contribution is 7.92. The molecule has 0 saturated heterocycles. The van der Waals surface area contributed by atoms with Crippen LogP contribution in [0.2, 0.25) is 10.0 Å². The number of rotatable bonds is 3. The van der Waals surface area contributed by atoms with Crippen molar-refractivity contribution in [1.82, 2.24) is 0 Å². The van der Waals surface area contributed by atoms with E-state index < -0.39 is 32.2 Å². The van der Waals surface area contributed by atoms with Crippen molar-refractivity contribution in [3.05, 3.63) is 52.0 Å². The van der Waals surface area contributed by atoms with E-state index in [9.17, 15) is 17.2 Å². The predicted octanol–water partition coefficient (Wildman–Crippen LogP) is 3.65. The minimum atomic E-state index is -4.29. The highest BCUT2D eigenvalue weighted by Crippen LogP contribution is 2.28. The van der Waals surface area contributed by atoms with Gasteiger partial charge in [-0.05, 0) is 30.3 Å². The highest BCUT2D eigenvalue weighted by atomic mass is 35.5. The lowest BCUT2D eigenvalue weighted by Crippen LogP contribution is -2.16. The number of sulfonamides is 1. The Labute approximate surface area is 129 Å². The van der Waals surface area contributed by atoms with Gasteiger partial charge in [-0.15, -0.1) is 0 Å². The number of hydrogen-bond acceptors (Lipinski definition) is 3. The van der Waals surface area contributed by atoms with Crippen LogP contribution in [0.15, 0.2) is 35.2 Å². The van der Waals surface area contributed by atoms with Crippen LogP contribution in [0.25, 0.3) is 0 Å². The summed E-state index contributed by atoms with van der Waals surface area (Å²) in [4.78, 5) is -0.771. The molecule has 0 aromatic heterocycles. The summed E-state index contributed by atoms with van der Waals surface area (Å²) in [6, 6.07) is 5.52. The maximum absolute atomic E-state index is 13.8. The van der Waals surface area contributed by atoms with Gasteiger partial charge in [0.2, 0.25) is 0 Å². The van der Waals surface area contributed by atoms with Crippen molar-refractivity contribution >= 4 is 44.6 Å². The highest BCUT2D eigenvalue weighted by Gasteiger charge is 2.22. The van der Waals surface area contributed by atoms with Gasteiger partial charge in [0, 0.05) is 0 Å². The molecule has 0 fully saturated rings. The van der Waals surface area contributed by atoms with Crippen LogP contribution < -0.4 is 10.5 Å². The molecule has 0 heterocycles. The number of nitrogen functional groups attached to an aromatic ring is 1. The molecule has 9 heteroatoms. The Morgan fingerprint density at radius 1 is 1.05 bits per heavy atom. The van der Waals surface area contributed by atoms with Crippen LogP contribution >= 0.6 is 23.2 Å². The van der Waals surface area contributed by atoms with Gasteiger partial charge in [-0.1, -0.05) is 23.2 Å². The molecular formula is C12H8Cl2F2N2O2S. The molecule has 0 unspecified atom stereocenters. The summed E-state index contributed by atoms with van der Waals surface area (Å²) in [6.45, 7) is 0. The molecule has 0 amide bonds. The van der Waals surface area contributed by atoms with Crippen molar-refractivity contribution in [1.29, 1.82) is 0 Å². The topological polar surface area (TPSA) is 72.2 Å². The van der Waals surface area contributed by atoms with Crippen molar-refractivity contribution in [3.8, 4) is 0 Å². The van der Waals surface area contributed by atoms with Crippen LogP contribution in [0.5, 0.6) is 0 Å². The fourth-order valence-corrected chi connectivity index (χ4v) is 2.97. The zero-order valence-electron chi connectivity index (χ0n) is 10.2. The van der Waals surface area contributed by atoms with Crippen molar-refractivity contribution in [2.24, 2.45) is 0 Å². The van der Waals surface area contributed by atoms with E-state index >= 15 is 0 Å². The van der Waals surface area contributed by atoms with Crippen LogP contribution in [0.3, 0.4) is 0 Å². The van der Waals surface area contributed by atoms with Crippen molar-refractivity contribution < 1.29 is 17.2 Å². The van der Waals surface area contributed by atoms with Crippen molar-refractivity contribution in [3.63, 3.8) is 0 Å². The number of benzene rings is 2. The SMILES string of the molecule is Nc1c(F)ccc(S(=O)(=O)Nc2ccc(Cl)c(Cl)c2)c1F. The van der Waals surface area contributed by atoms with E-state index in [0.717, 1.165) is 12.1 Å². The lowest BCUT2D eigenvalue weighted by atomic mass is 10.3. The standard InChI is InChI=1S/C12H8Cl2F2N2O2S/c13-7-2-1-6(5-8(7)14)18-21(19,20)10-4-3-9(15)12(17)11(10)16/h1-5,18H,17H2. The first-order valence-electron chi connectivity index (χ1n) is 5.43. The monoisotopic (exact) mass is 352 g/mol. The molecule has 0 aliphatic heterocycles. The number of nitrogens with one attached hydrogen (secondary N) is 1. The molecule has 2 rings (SSSR count). The minimum absolute atomic E-state index is 0.0756. The third-order valence-corrected chi connectivity index (χ3v) is 4.69. The van der Waals surface area contributed by atoms with Gasteiger partial charge < -0.3 is 5.73 Å². The molecular weight excluding hydrogens is 345 g/mol. The van der Waals surface area contributed by atoms with Crippen LogP contribution in [0.1, 0.15) is 0 Å². The number of hydrogen-bond donors (Lipinski definition) is 2. The molecule has 0 aliphatic carbocycles. The van der Waals surface area contributed by atoms with Crippen LogP contribution in [-0.2, 0) is 10.0 Å². The molecule has 0 atom stereocenters. The summed E-state index contributed by atoms with van der Waals surface area (Å²) in [7, 11) is -4.29. The van der Waals surface area contributed by atoms with Gasteiger partial charge in [0.1, 0.15) is 16.4 Å². The first-order chi connectivity index (χ1) is 9.72. The van der Waals surface area contributed by atoms with E-state index in [1.165, 1.54) is 18.2 Å². The van der Waals surface area contributed by atoms with Crippen LogP contribution in [0, 0.1) is 11.6 Å². The Morgan fingerprint density at radius 3 is 2.33 bits per heavy atom. The van der Waals surface area contributed by atoms with Gasteiger partial charge in [0.15, 0.2) is 5.82 Å². The van der Waals surface area contributed by atoms with E-state index in [-0.39, 0.29) is 15.7 Å². The molecule has 0 aliphatic rings. The Hall–Kier alpha value is -1.57. The number of halogens is 4. The summed E-state index contributed by atoms with van der Waals surface area (Å²) in [6.07, 6.45) is 0. The zero-order chi connectivity index (χ0) is 15.8. The second-order valence-electron chi connectivity index (χ2n) is 4.01. The molecule has 0 spiro atoms. The molecule has 0 bridgehead atoms. The Morgan fingerprint density at radius 2 is 1.71 bits per heavy atom. The fourth-order valence-electron chi connectivity index (χ4n) is 1.53. The molecule has 4 nitrogen and oxygen atoms in total. The summed E-state index contributed by atoms with van der Waals surface area (Å²) in [5, 5.41) is 0.354. The molecule has 2 aromatic carbocycles. The molecule has 3 N–H and O–H groups in total. The minimum Gasteiger partial charge on any atom is -0.394 e. The average Bonchev–Trinajstić information content (AvgIpc) is 2.39. The van der Waals surface area contributed by atoms with Gasteiger partial charge in [-0.2, -0.15) is 0 Å². The zero-order valence-corrected chi connectivity index (χ0v) is 12.5. The molecule has 2 aromatic rings. The van der Waals surface area contributed by atoms with E-state index in [4.69, 9.17) is 28.9 Å². The third-order valence-electron chi connectivity index (χ3n) is 2.55. The van der Waals surface area contributed by atoms with Crippen LogP contribution in [0.4, 0.5) is 20.2 Å². The van der Waals surface area contributed by atoms with E-state index in [1.807, 2.05) is 0 Å². The molecule has 21 heavy (non-hydrogen) atoms. The first-order valence-corrected chi connectivity index (χ1v) is 7.67. The third kappa shape index (κ3) is 3.20. The smallest absolute Gasteiger partial charge is 0.264 e. The molecule has 112 valence electrons. The fraction of sp³-hybridized carbons (Fsp3) is 0. The maximum atomic E-state index is 13.8. The van der Waals surface area contributed by atoms with Crippen LogP contribution in [-0.4, -0.2) is 8.42 Å². The Balaban J connectivity index is 2.43. The largest absolute Gasteiger partial charge is 0.394 e. The van der Waals surface area contributed by atoms with E-state index in [0.29, 0.717) is 0 Å².